The van der Waals surface area contributed by atoms with Crippen molar-refractivity contribution in [2.45, 2.75) is 207 Å². The molecule has 28 nitrogen and oxygen atoms in total. The molecule has 2 aromatic carbocycles. The molecular weight excluding hydrogens is 1280 g/mol. The summed E-state index contributed by atoms with van der Waals surface area (Å²) < 4.78 is 18.0. The van der Waals surface area contributed by atoms with Crippen molar-refractivity contribution < 1.29 is 76.9 Å². The van der Waals surface area contributed by atoms with Gasteiger partial charge >= 0.3 is 12.1 Å². The zero-order valence-corrected chi connectivity index (χ0v) is 60.4. The summed E-state index contributed by atoms with van der Waals surface area (Å²) in [6.07, 6.45) is 0.754. The van der Waals surface area contributed by atoms with Gasteiger partial charge in [-0.05, 0) is 93.7 Å². The summed E-state index contributed by atoms with van der Waals surface area (Å²) in [5.41, 5.74) is 6.31. The molecule has 0 radical (unpaired) electrons. The average Bonchev–Trinajstić information content (AvgIpc) is 1.75. The van der Waals surface area contributed by atoms with Gasteiger partial charge in [0, 0.05) is 84.3 Å². The van der Waals surface area contributed by atoms with E-state index in [9.17, 15) is 62.6 Å². The Labute approximate surface area is 583 Å². The Morgan fingerprint density at radius 3 is 1.88 bits per heavy atom. The molecule has 2 aliphatic rings. The Morgan fingerprint density at radius 1 is 0.677 bits per heavy atom. The first-order valence-electron chi connectivity index (χ1n) is 34.6. The molecule has 0 saturated carbocycles. The van der Waals surface area contributed by atoms with Gasteiger partial charge in [0.05, 0.1) is 48.8 Å². The quantitative estimate of drug-likeness (QED) is 0.0321. The van der Waals surface area contributed by atoms with Crippen LogP contribution >= 0.6 is 0 Å². The number of carbonyl (C=O) groups excluding carboxylic acids is 12. The van der Waals surface area contributed by atoms with Crippen LogP contribution < -0.4 is 43.0 Å². The van der Waals surface area contributed by atoms with Crippen molar-refractivity contribution in [1.29, 1.82) is 0 Å². The molecule has 0 aromatic heterocycles. The van der Waals surface area contributed by atoms with E-state index in [-0.39, 0.29) is 86.1 Å². The van der Waals surface area contributed by atoms with Gasteiger partial charge < -0.3 is 72.1 Å². The molecule has 1 fully saturated rings. The number of urea groups is 1. The number of nitrogens with one attached hydrogen (secondary N) is 7. The Bertz CT molecular complexity index is 3060. The van der Waals surface area contributed by atoms with Crippen LogP contribution in [0.3, 0.4) is 0 Å². The molecular formula is C71H110N12O16. The van der Waals surface area contributed by atoms with Crippen LogP contribution in [0.4, 0.5) is 15.3 Å². The molecule has 2 heterocycles. The number of carbonyl (C=O) groups is 12. The van der Waals surface area contributed by atoms with E-state index in [4.69, 9.17) is 19.9 Å². The third kappa shape index (κ3) is 24.1. The van der Waals surface area contributed by atoms with Crippen LogP contribution in [0.25, 0.3) is 0 Å². The highest BCUT2D eigenvalue weighted by molar-refractivity contribution is 6.12. The summed E-state index contributed by atoms with van der Waals surface area (Å²) >= 11 is 0. The second-order valence-electron chi connectivity index (χ2n) is 26.8. The maximum atomic E-state index is 14.9. The molecule has 99 heavy (non-hydrogen) atoms. The minimum atomic E-state index is -1.57. The maximum Gasteiger partial charge on any atom is 0.411 e. The summed E-state index contributed by atoms with van der Waals surface area (Å²) in [7, 11) is 5.94. The number of aliphatic hydroxyl groups is 1. The van der Waals surface area contributed by atoms with E-state index in [1.54, 1.807) is 86.4 Å². The van der Waals surface area contributed by atoms with Crippen molar-refractivity contribution in [3.05, 3.63) is 77.9 Å². The zero-order chi connectivity index (χ0) is 74.0. The molecule has 28 heteroatoms. The second-order valence-corrected chi connectivity index (χ2v) is 26.8. The molecule has 2 aromatic rings. The molecule has 0 spiro atoms. The van der Waals surface area contributed by atoms with Crippen molar-refractivity contribution in [2.75, 3.05) is 59.8 Å². The molecule has 550 valence electrons. The number of aliphatic hydroxyl groups excluding tert-OH is 1. The van der Waals surface area contributed by atoms with Crippen molar-refractivity contribution in [3.63, 3.8) is 0 Å². The number of ether oxygens (including phenoxy) is 3. The van der Waals surface area contributed by atoms with E-state index in [1.165, 1.54) is 62.6 Å². The fourth-order valence-electron chi connectivity index (χ4n) is 12.6. The van der Waals surface area contributed by atoms with Crippen molar-refractivity contribution >= 4 is 76.9 Å². The van der Waals surface area contributed by atoms with Gasteiger partial charge in [0.25, 0.3) is 17.7 Å². The summed E-state index contributed by atoms with van der Waals surface area (Å²) in [6.45, 7) is 20.3. The standard InChI is InChI=1S/C71H110N12O16/c1-16-44(9)60(52(97-14)40-56(87)82-39-25-29-51(82)62(98-15)45(10)64(89)75-46(11)61(88)47-26-20-18-21-27-47)80(12)69(94)58(42(5)6)79-67(92)59(43(7)8)81(13)71(96)99-63(68(93)73-17-2)48-31-33-49(34-32-48)76-65(90)50(28-24-37-74-70(72)95)77-66(91)57(41(3)4)78-53(84)30-22-19-23-38-83-54(85)35-36-55(83)86/h18,20-21,26-27,31-36,41-46,50-52,57-63,88H,16-17,19,22-25,28-30,37-40H2,1-15H3,(H,73,93)(H,75,89)(H,76,90)(H,77,91)(H,78,84)(H,79,92)(H3,72,74,95)/t44-,45+,46+,50-,51-,52+,57-,58-,59-,60-,61+,62+,63?/m0/s1. The number of primary amides is 1. The Balaban J connectivity index is 1.46. The number of likely N-dealkylation sites (tertiary alicyclic amines) is 1. The number of amides is 13. The smallest absolute Gasteiger partial charge is 0.411 e. The number of methoxy groups -OCH3 is 2. The van der Waals surface area contributed by atoms with E-state index < -0.39 is 138 Å². The van der Waals surface area contributed by atoms with Gasteiger partial charge in [0.1, 0.15) is 24.2 Å². The van der Waals surface area contributed by atoms with Crippen molar-refractivity contribution in [2.24, 2.45) is 35.3 Å². The van der Waals surface area contributed by atoms with E-state index in [0.29, 0.717) is 50.6 Å². The number of imide groups is 1. The van der Waals surface area contributed by atoms with E-state index in [1.807, 2.05) is 32.0 Å². The summed E-state index contributed by atoms with van der Waals surface area (Å²) in [6, 6.07) is 7.68. The number of rotatable bonds is 40. The number of unbranched alkanes of at least 4 members (excludes halogenated alkanes) is 2. The van der Waals surface area contributed by atoms with Gasteiger partial charge in [-0.3, -0.25) is 57.7 Å². The van der Waals surface area contributed by atoms with Gasteiger partial charge in [0.2, 0.25) is 47.5 Å². The highest BCUT2D eigenvalue weighted by Crippen LogP contribution is 2.31. The minimum absolute atomic E-state index is 0.0278. The Kier molecular flexibility index (Phi) is 34.0. The molecule has 10 N–H and O–H groups in total. The predicted molar refractivity (Wildman–Crippen MR) is 371 cm³/mol. The van der Waals surface area contributed by atoms with Crippen LogP contribution in [0.1, 0.15) is 164 Å². The van der Waals surface area contributed by atoms with Gasteiger partial charge in [-0.25, -0.2) is 9.59 Å². The van der Waals surface area contributed by atoms with Gasteiger partial charge in [-0.2, -0.15) is 0 Å². The highest BCUT2D eigenvalue weighted by atomic mass is 16.6. The van der Waals surface area contributed by atoms with Crippen LogP contribution in [0, 0.1) is 29.6 Å². The SMILES string of the molecule is CCNC(=O)C(OC(=O)N(C)[C@H](C(=O)N[C@H](C(=O)N(C)[C@@H]([C@@H](C)CC)[C@@H](CC(=O)N1CCC[C@H]1[C@H](OC)[C@@H](C)C(=O)N[C@H](C)[C@@H](O)c1ccccc1)OC)C(C)C)C(C)C)c1ccc(NC(=O)[C@H](CCCNC(N)=O)NC(=O)[C@@H](NC(=O)CCCCCN2C(=O)C=CC2=O)C(C)C)cc1. The summed E-state index contributed by atoms with van der Waals surface area (Å²) in [4.78, 5) is 168. The van der Waals surface area contributed by atoms with Crippen LogP contribution in [-0.4, -0.2) is 205 Å². The number of nitrogens with two attached hydrogens (primary N) is 1. The van der Waals surface area contributed by atoms with E-state index >= 15 is 0 Å². The fraction of sp³-hybridized carbons (Fsp3) is 0.634. The predicted octanol–water partition coefficient (Wildman–Crippen LogP) is 4.75. The number of likely N-dealkylation sites (N-methyl/N-ethyl adjacent to an activating group) is 3. The molecule has 13 atom stereocenters. The number of benzene rings is 2. The topological polar surface area (TPSA) is 376 Å². The van der Waals surface area contributed by atoms with Crippen LogP contribution in [0.15, 0.2) is 66.7 Å². The Morgan fingerprint density at radius 2 is 1.31 bits per heavy atom. The number of anilines is 1. The van der Waals surface area contributed by atoms with Crippen LogP contribution in [0.2, 0.25) is 0 Å². The first kappa shape index (κ1) is 82.9. The van der Waals surface area contributed by atoms with Crippen molar-refractivity contribution in [1.82, 2.24) is 51.5 Å². The lowest BCUT2D eigenvalue weighted by atomic mass is 9.89. The molecule has 13 amide bonds. The van der Waals surface area contributed by atoms with Crippen LogP contribution in [-0.2, 0) is 62.2 Å². The lowest BCUT2D eigenvalue weighted by molar-refractivity contribution is -0.148. The lowest BCUT2D eigenvalue weighted by Gasteiger charge is -2.41. The molecule has 1 unspecified atom stereocenters. The molecule has 4 rings (SSSR count). The number of nitrogens with zero attached hydrogens (tertiary/aromatic N) is 4. The average molecular weight is 1390 g/mol. The molecule has 2 aliphatic heterocycles. The molecule has 0 bridgehead atoms. The fourth-order valence-corrected chi connectivity index (χ4v) is 12.6. The second kappa shape index (κ2) is 40.5. The highest BCUT2D eigenvalue weighted by Gasteiger charge is 2.44. The van der Waals surface area contributed by atoms with Gasteiger partial charge in [-0.15, -0.1) is 0 Å². The monoisotopic (exact) mass is 1390 g/mol. The largest absolute Gasteiger partial charge is 0.431 e. The van der Waals surface area contributed by atoms with Crippen molar-refractivity contribution in [3.8, 4) is 0 Å². The normalized spacial score (nSPS) is 17.4. The van der Waals surface area contributed by atoms with E-state index in [2.05, 4.69) is 37.2 Å². The minimum Gasteiger partial charge on any atom is -0.431 e. The zero-order valence-electron chi connectivity index (χ0n) is 60.4. The van der Waals surface area contributed by atoms with Gasteiger partial charge in [-0.1, -0.05) is 118 Å². The molecule has 1 saturated heterocycles. The third-order valence-electron chi connectivity index (χ3n) is 18.4. The molecule has 0 aliphatic carbocycles. The lowest BCUT2D eigenvalue weighted by Crippen LogP contribution is -2.60. The van der Waals surface area contributed by atoms with Crippen LogP contribution in [0.5, 0.6) is 0 Å². The number of hydrogen-bond acceptors (Lipinski definition) is 16. The summed E-state index contributed by atoms with van der Waals surface area (Å²) in [5.74, 6) is -7.35. The first-order chi connectivity index (χ1) is 46.8. The summed E-state index contributed by atoms with van der Waals surface area (Å²) in [5, 5.41) is 30.2. The third-order valence-corrected chi connectivity index (χ3v) is 18.4. The first-order valence-corrected chi connectivity index (χ1v) is 34.6. The number of hydrogen-bond donors (Lipinski definition) is 9. The Hall–Kier alpha value is -8.50. The van der Waals surface area contributed by atoms with Gasteiger partial charge in [0.15, 0.2) is 0 Å². The maximum absolute atomic E-state index is 14.9. The van der Waals surface area contributed by atoms with E-state index in [0.717, 1.165) is 9.80 Å².